The van der Waals surface area contributed by atoms with Crippen LogP contribution in [0.25, 0.3) is 11.4 Å². The average molecular weight is 281 g/mol. The highest BCUT2D eigenvalue weighted by Crippen LogP contribution is 2.14. The topological polar surface area (TPSA) is 86.7 Å². The lowest BCUT2D eigenvalue weighted by atomic mass is 10.2. The molecule has 0 bridgehead atoms. The third kappa shape index (κ3) is 3.24. The van der Waals surface area contributed by atoms with Gasteiger partial charge in [0.1, 0.15) is 5.82 Å². The predicted octanol–water partition coefficient (Wildman–Crippen LogP) is 1.97. The molecule has 0 unspecified atom stereocenters. The monoisotopic (exact) mass is 281 g/mol. The van der Waals surface area contributed by atoms with Gasteiger partial charge in [-0.1, -0.05) is 12.1 Å². The van der Waals surface area contributed by atoms with Gasteiger partial charge in [0.25, 0.3) is 0 Å². The molecule has 3 N–H and O–H groups in total. The fraction of sp³-hybridized carbons (Fsp3) is 0.133. The smallest absolute Gasteiger partial charge is 0.181 e. The summed E-state index contributed by atoms with van der Waals surface area (Å²) in [7, 11) is 0. The Morgan fingerprint density at radius 2 is 2.00 bits per heavy atom. The highest BCUT2D eigenvalue weighted by molar-refractivity contribution is 5.53. The number of nitrogens with one attached hydrogen (secondary N) is 2. The second kappa shape index (κ2) is 6.15. The Kier molecular flexibility index (Phi) is 3.88. The van der Waals surface area contributed by atoms with Crippen molar-refractivity contribution in [3.8, 4) is 11.4 Å². The molecule has 0 saturated carbocycles. The summed E-state index contributed by atoms with van der Waals surface area (Å²) in [6, 6.07) is 11.4. The average Bonchev–Trinajstić information content (AvgIpc) is 3.03. The van der Waals surface area contributed by atoms with E-state index in [0.717, 1.165) is 22.6 Å². The van der Waals surface area contributed by atoms with E-state index in [9.17, 15) is 0 Å². The van der Waals surface area contributed by atoms with Crippen LogP contribution < -0.4 is 5.32 Å². The lowest BCUT2D eigenvalue weighted by Gasteiger charge is -2.05. The summed E-state index contributed by atoms with van der Waals surface area (Å²) in [4.78, 5) is 8.40. The van der Waals surface area contributed by atoms with E-state index in [1.165, 1.54) is 0 Å². The quantitative estimate of drug-likeness (QED) is 0.665. The summed E-state index contributed by atoms with van der Waals surface area (Å²) in [5.74, 6) is 1.40. The van der Waals surface area contributed by atoms with Gasteiger partial charge in [-0.3, -0.25) is 10.1 Å². The molecule has 106 valence electrons. The molecule has 0 fully saturated rings. The number of rotatable bonds is 5. The number of nitrogens with zero attached hydrogens (tertiary/aromatic N) is 3. The zero-order valence-electron chi connectivity index (χ0n) is 11.3. The molecule has 2 heterocycles. The van der Waals surface area contributed by atoms with Crippen molar-refractivity contribution < 1.29 is 5.11 Å². The number of aliphatic hydroxyl groups is 1. The predicted molar refractivity (Wildman–Crippen MR) is 79.3 cm³/mol. The van der Waals surface area contributed by atoms with Gasteiger partial charge in [0.05, 0.1) is 13.2 Å². The van der Waals surface area contributed by atoms with Gasteiger partial charge in [-0.25, -0.2) is 4.98 Å². The number of anilines is 1. The number of hydrogen-bond acceptors (Lipinski definition) is 5. The van der Waals surface area contributed by atoms with Crippen LogP contribution in [0.2, 0.25) is 0 Å². The van der Waals surface area contributed by atoms with Crippen LogP contribution in [0, 0.1) is 0 Å². The second-order valence-corrected chi connectivity index (χ2v) is 4.55. The van der Waals surface area contributed by atoms with E-state index in [4.69, 9.17) is 5.11 Å². The van der Waals surface area contributed by atoms with Gasteiger partial charge in [-0.05, 0) is 29.8 Å². The molecule has 0 aliphatic carbocycles. The molecule has 0 spiro atoms. The first kappa shape index (κ1) is 13.3. The van der Waals surface area contributed by atoms with Gasteiger partial charge in [-0.15, -0.1) is 0 Å². The molecular formula is C15H15N5O. The third-order valence-electron chi connectivity index (χ3n) is 3.04. The Hall–Kier alpha value is -2.73. The zero-order valence-corrected chi connectivity index (χ0v) is 11.3. The van der Waals surface area contributed by atoms with E-state index >= 15 is 0 Å². The molecule has 2 aromatic heterocycles. The van der Waals surface area contributed by atoms with Crippen molar-refractivity contribution in [3.05, 3.63) is 60.2 Å². The number of benzene rings is 1. The van der Waals surface area contributed by atoms with E-state index in [-0.39, 0.29) is 6.61 Å². The highest BCUT2D eigenvalue weighted by atomic mass is 16.3. The van der Waals surface area contributed by atoms with Crippen LogP contribution in [0.15, 0.2) is 48.8 Å². The first-order chi connectivity index (χ1) is 10.3. The van der Waals surface area contributed by atoms with Crippen molar-refractivity contribution in [3.63, 3.8) is 0 Å². The van der Waals surface area contributed by atoms with Gasteiger partial charge >= 0.3 is 0 Å². The first-order valence-electron chi connectivity index (χ1n) is 6.60. The standard InChI is InChI=1S/C15H15N5O/c21-10-11-2-1-3-13(8-11)17-9-14-18-15(20-19-14)12-4-6-16-7-5-12/h1-8,17,21H,9-10H2,(H,18,19,20). The van der Waals surface area contributed by atoms with Gasteiger partial charge < -0.3 is 10.4 Å². The molecule has 0 aliphatic heterocycles. The van der Waals surface area contributed by atoms with Crippen LogP contribution in [-0.2, 0) is 13.2 Å². The Morgan fingerprint density at radius 1 is 1.14 bits per heavy atom. The molecule has 0 aliphatic rings. The summed E-state index contributed by atoms with van der Waals surface area (Å²) in [6.45, 7) is 0.566. The van der Waals surface area contributed by atoms with Crippen molar-refractivity contribution in [1.29, 1.82) is 0 Å². The summed E-state index contributed by atoms with van der Waals surface area (Å²) in [5.41, 5.74) is 2.73. The molecule has 6 heteroatoms. The largest absolute Gasteiger partial charge is 0.392 e. The van der Waals surface area contributed by atoms with E-state index in [1.807, 2.05) is 36.4 Å². The lowest BCUT2D eigenvalue weighted by molar-refractivity contribution is 0.282. The number of hydrogen-bond donors (Lipinski definition) is 3. The molecule has 0 amide bonds. The number of H-pyrrole nitrogens is 1. The Bertz CT molecular complexity index is 711. The number of aromatic nitrogens is 4. The van der Waals surface area contributed by atoms with E-state index in [1.54, 1.807) is 12.4 Å². The van der Waals surface area contributed by atoms with E-state index in [2.05, 4.69) is 25.5 Å². The number of aromatic amines is 1. The minimum atomic E-state index is 0.0318. The van der Waals surface area contributed by atoms with Crippen molar-refractivity contribution in [2.24, 2.45) is 0 Å². The van der Waals surface area contributed by atoms with Crippen LogP contribution in [0.5, 0.6) is 0 Å². The number of pyridine rings is 1. The maximum atomic E-state index is 9.12. The minimum Gasteiger partial charge on any atom is -0.392 e. The summed E-state index contributed by atoms with van der Waals surface area (Å²) >= 11 is 0. The molecule has 0 radical (unpaired) electrons. The van der Waals surface area contributed by atoms with Gasteiger partial charge in [0.15, 0.2) is 5.82 Å². The van der Waals surface area contributed by atoms with E-state index in [0.29, 0.717) is 12.4 Å². The zero-order chi connectivity index (χ0) is 14.5. The van der Waals surface area contributed by atoms with Crippen LogP contribution in [0.1, 0.15) is 11.4 Å². The minimum absolute atomic E-state index is 0.0318. The molecule has 0 atom stereocenters. The maximum Gasteiger partial charge on any atom is 0.181 e. The van der Waals surface area contributed by atoms with Gasteiger partial charge in [0.2, 0.25) is 0 Å². The first-order valence-corrected chi connectivity index (χ1v) is 6.60. The molecule has 3 aromatic rings. The van der Waals surface area contributed by atoms with Crippen molar-refractivity contribution in [2.75, 3.05) is 5.32 Å². The van der Waals surface area contributed by atoms with Crippen LogP contribution in [-0.4, -0.2) is 25.3 Å². The van der Waals surface area contributed by atoms with Gasteiger partial charge in [0, 0.05) is 23.6 Å². The highest BCUT2D eigenvalue weighted by Gasteiger charge is 2.05. The Morgan fingerprint density at radius 3 is 2.81 bits per heavy atom. The van der Waals surface area contributed by atoms with Crippen LogP contribution in [0.4, 0.5) is 5.69 Å². The molecule has 3 rings (SSSR count). The molecule has 6 nitrogen and oxygen atoms in total. The molecule has 0 saturated heterocycles. The summed E-state index contributed by atoms with van der Waals surface area (Å²) in [5, 5.41) is 19.5. The molecular weight excluding hydrogens is 266 g/mol. The van der Waals surface area contributed by atoms with Crippen LogP contribution >= 0.6 is 0 Å². The lowest BCUT2D eigenvalue weighted by Crippen LogP contribution is -2.01. The Labute approximate surface area is 121 Å². The van der Waals surface area contributed by atoms with Crippen molar-refractivity contribution >= 4 is 5.69 Å². The van der Waals surface area contributed by atoms with Crippen LogP contribution in [0.3, 0.4) is 0 Å². The van der Waals surface area contributed by atoms with Crippen molar-refractivity contribution in [1.82, 2.24) is 20.2 Å². The molecule has 1 aromatic carbocycles. The molecule has 21 heavy (non-hydrogen) atoms. The third-order valence-corrected chi connectivity index (χ3v) is 3.04. The Balaban J connectivity index is 1.67. The summed E-state index contributed by atoms with van der Waals surface area (Å²) in [6.07, 6.45) is 3.42. The fourth-order valence-corrected chi connectivity index (χ4v) is 1.97. The second-order valence-electron chi connectivity index (χ2n) is 4.55. The SMILES string of the molecule is OCc1cccc(NCc2nc(-c3ccncc3)n[nH]2)c1. The van der Waals surface area contributed by atoms with E-state index < -0.39 is 0 Å². The van der Waals surface area contributed by atoms with Crippen molar-refractivity contribution in [2.45, 2.75) is 13.2 Å². The summed E-state index contributed by atoms with van der Waals surface area (Å²) < 4.78 is 0. The number of aliphatic hydroxyl groups excluding tert-OH is 1. The maximum absolute atomic E-state index is 9.12. The normalized spacial score (nSPS) is 10.5. The van der Waals surface area contributed by atoms with Gasteiger partial charge in [-0.2, -0.15) is 5.10 Å². The fourth-order valence-electron chi connectivity index (χ4n) is 1.97.